The van der Waals surface area contributed by atoms with Gasteiger partial charge in [0.25, 0.3) is 0 Å². The van der Waals surface area contributed by atoms with Crippen molar-refractivity contribution in [3.8, 4) is 16.9 Å². The quantitative estimate of drug-likeness (QED) is 0.854. The van der Waals surface area contributed by atoms with Gasteiger partial charge in [-0.2, -0.15) is 0 Å². The summed E-state index contributed by atoms with van der Waals surface area (Å²) in [6, 6.07) is 11.6. The first kappa shape index (κ1) is 10.5. The van der Waals surface area contributed by atoms with Gasteiger partial charge in [-0.1, -0.05) is 18.2 Å². The fourth-order valence-electron chi connectivity index (χ4n) is 1.55. The highest BCUT2D eigenvalue weighted by atomic mass is 16.5. The summed E-state index contributed by atoms with van der Waals surface area (Å²) in [5.74, 6) is 1.40. The lowest BCUT2D eigenvalue weighted by Crippen LogP contribution is -1.94. The standard InChI is InChI=1S/C13H14N2O/c1-2-16-12-6-4-3-5-11(12)10-7-8-13(14)15-9-10/h3-9H,2H2,1H3,(H2,14,15). The van der Waals surface area contributed by atoms with E-state index in [0.29, 0.717) is 12.4 Å². The summed E-state index contributed by atoms with van der Waals surface area (Å²) in [6.45, 7) is 2.62. The minimum absolute atomic E-state index is 0.526. The van der Waals surface area contributed by atoms with Gasteiger partial charge in [0.1, 0.15) is 11.6 Å². The number of nitrogen functional groups attached to an aromatic ring is 1. The third-order valence-corrected chi connectivity index (χ3v) is 2.28. The first-order valence-electron chi connectivity index (χ1n) is 5.25. The Morgan fingerprint density at radius 2 is 2.00 bits per heavy atom. The van der Waals surface area contributed by atoms with Gasteiger partial charge >= 0.3 is 0 Å². The Bertz CT molecular complexity index is 466. The van der Waals surface area contributed by atoms with Crippen LogP contribution >= 0.6 is 0 Å². The molecule has 0 unspecified atom stereocenters. The van der Waals surface area contributed by atoms with Gasteiger partial charge in [0.05, 0.1) is 6.61 Å². The van der Waals surface area contributed by atoms with Crippen LogP contribution in [0, 0.1) is 0 Å². The second-order valence-electron chi connectivity index (χ2n) is 3.40. The molecule has 0 atom stereocenters. The molecular weight excluding hydrogens is 200 g/mol. The van der Waals surface area contributed by atoms with E-state index in [-0.39, 0.29) is 0 Å². The van der Waals surface area contributed by atoms with E-state index in [0.717, 1.165) is 16.9 Å². The number of nitrogens with zero attached hydrogens (tertiary/aromatic N) is 1. The highest BCUT2D eigenvalue weighted by Crippen LogP contribution is 2.29. The third kappa shape index (κ3) is 2.14. The number of aromatic nitrogens is 1. The summed E-state index contributed by atoms with van der Waals surface area (Å²) in [7, 11) is 0. The van der Waals surface area contributed by atoms with Crippen LogP contribution in [0.1, 0.15) is 6.92 Å². The van der Waals surface area contributed by atoms with E-state index in [1.807, 2.05) is 37.3 Å². The van der Waals surface area contributed by atoms with E-state index in [1.165, 1.54) is 0 Å². The second-order valence-corrected chi connectivity index (χ2v) is 3.40. The number of pyridine rings is 1. The molecule has 2 N–H and O–H groups in total. The second kappa shape index (κ2) is 4.66. The number of hydrogen-bond acceptors (Lipinski definition) is 3. The Hall–Kier alpha value is -2.03. The Kier molecular flexibility index (Phi) is 3.05. The van der Waals surface area contributed by atoms with Crippen molar-refractivity contribution in [3.05, 3.63) is 42.6 Å². The smallest absolute Gasteiger partial charge is 0.127 e. The molecule has 1 aromatic carbocycles. The zero-order valence-electron chi connectivity index (χ0n) is 9.18. The van der Waals surface area contributed by atoms with Crippen molar-refractivity contribution in [1.82, 2.24) is 4.98 Å². The van der Waals surface area contributed by atoms with Gasteiger partial charge < -0.3 is 10.5 Å². The molecule has 0 fully saturated rings. The highest BCUT2D eigenvalue weighted by molar-refractivity contribution is 5.70. The maximum Gasteiger partial charge on any atom is 0.127 e. The predicted molar refractivity (Wildman–Crippen MR) is 65.3 cm³/mol. The summed E-state index contributed by atoms with van der Waals surface area (Å²) in [5, 5.41) is 0. The molecule has 0 amide bonds. The summed E-state index contributed by atoms with van der Waals surface area (Å²) >= 11 is 0. The van der Waals surface area contributed by atoms with Gasteiger partial charge in [-0.05, 0) is 25.1 Å². The lowest BCUT2D eigenvalue weighted by Gasteiger charge is -2.09. The number of rotatable bonds is 3. The molecule has 3 heteroatoms. The van der Waals surface area contributed by atoms with Crippen LogP contribution in [0.25, 0.3) is 11.1 Å². The summed E-state index contributed by atoms with van der Waals surface area (Å²) in [4.78, 5) is 4.08. The number of nitrogens with two attached hydrogens (primary N) is 1. The van der Waals surface area contributed by atoms with Crippen LogP contribution in [0.2, 0.25) is 0 Å². The van der Waals surface area contributed by atoms with Gasteiger partial charge in [0, 0.05) is 17.3 Å². The van der Waals surface area contributed by atoms with Crippen LogP contribution in [0.3, 0.4) is 0 Å². The molecule has 3 nitrogen and oxygen atoms in total. The van der Waals surface area contributed by atoms with E-state index in [4.69, 9.17) is 10.5 Å². The molecule has 0 saturated heterocycles. The molecule has 2 rings (SSSR count). The molecule has 16 heavy (non-hydrogen) atoms. The molecule has 1 aromatic heterocycles. The minimum Gasteiger partial charge on any atom is -0.493 e. The predicted octanol–water partition coefficient (Wildman–Crippen LogP) is 2.73. The molecule has 0 saturated carbocycles. The van der Waals surface area contributed by atoms with Crippen molar-refractivity contribution >= 4 is 5.82 Å². The summed E-state index contributed by atoms with van der Waals surface area (Å²) in [6.07, 6.45) is 1.76. The maximum atomic E-state index is 5.56. The lowest BCUT2D eigenvalue weighted by molar-refractivity contribution is 0.341. The Morgan fingerprint density at radius 3 is 2.69 bits per heavy atom. The molecule has 82 valence electrons. The largest absolute Gasteiger partial charge is 0.493 e. The Balaban J connectivity index is 2.42. The first-order chi connectivity index (χ1) is 7.81. The first-order valence-corrected chi connectivity index (χ1v) is 5.25. The molecule has 1 heterocycles. The minimum atomic E-state index is 0.526. The topological polar surface area (TPSA) is 48.1 Å². The van der Waals surface area contributed by atoms with Gasteiger partial charge in [-0.15, -0.1) is 0 Å². The van der Waals surface area contributed by atoms with E-state index in [2.05, 4.69) is 4.98 Å². The zero-order valence-corrected chi connectivity index (χ0v) is 9.18. The van der Waals surface area contributed by atoms with Crippen molar-refractivity contribution in [3.63, 3.8) is 0 Å². The normalized spacial score (nSPS) is 10.1. The highest BCUT2D eigenvalue weighted by Gasteiger charge is 2.04. The number of para-hydroxylation sites is 1. The van der Waals surface area contributed by atoms with Gasteiger partial charge in [-0.3, -0.25) is 0 Å². The fraction of sp³-hybridized carbons (Fsp3) is 0.154. The molecule has 0 bridgehead atoms. The average Bonchev–Trinajstić information content (AvgIpc) is 2.32. The fourth-order valence-corrected chi connectivity index (χ4v) is 1.55. The molecular formula is C13H14N2O. The van der Waals surface area contributed by atoms with Crippen LogP contribution in [-0.4, -0.2) is 11.6 Å². The zero-order chi connectivity index (χ0) is 11.4. The van der Waals surface area contributed by atoms with Crippen LogP contribution in [0.4, 0.5) is 5.82 Å². The third-order valence-electron chi connectivity index (χ3n) is 2.28. The van der Waals surface area contributed by atoms with E-state index >= 15 is 0 Å². The molecule has 0 aliphatic carbocycles. The molecule has 0 aliphatic rings. The van der Waals surface area contributed by atoms with E-state index < -0.39 is 0 Å². The SMILES string of the molecule is CCOc1ccccc1-c1ccc(N)nc1. The van der Waals surface area contributed by atoms with Gasteiger partial charge in [0.2, 0.25) is 0 Å². The van der Waals surface area contributed by atoms with Crippen LogP contribution in [0.5, 0.6) is 5.75 Å². The number of hydrogen-bond donors (Lipinski definition) is 1. The lowest BCUT2D eigenvalue weighted by atomic mass is 10.1. The molecule has 0 spiro atoms. The molecule has 0 aliphatic heterocycles. The molecule has 2 aromatic rings. The van der Waals surface area contributed by atoms with Crippen LogP contribution in [0.15, 0.2) is 42.6 Å². The molecule has 0 radical (unpaired) electrons. The van der Waals surface area contributed by atoms with E-state index in [9.17, 15) is 0 Å². The van der Waals surface area contributed by atoms with Crippen LogP contribution < -0.4 is 10.5 Å². The number of ether oxygens (including phenoxy) is 1. The summed E-state index contributed by atoms with van der Waals surface area (Å²) in [5.41, 5.74) is 7.61. The van der Waals surface area contributed by atoms with E-state index in [1.54, 1.807) is 12.3 Å². The van der Waals surface area contributed by atoms with Crippen molar-refractivity contribution in [1.29, 1.82) is 0 Å². The average molecular weight is 214 g/mol. The van der Waals surface area contributed by atoms with Crippen molar-refractivity contribution in [2.75, 3.05) is 12.3 Å². The maximum absolute atomic E-state index is 5.56. The Morgan fingerprint density at radius 1 is 1.19 bits per heavy atom. The Labute approximate surface area is 94.9 Å². The van der Waals surface area contributed by atoms with Gasteiger partial charge in [0.15, 0.2) is 0 Å². The van der Waals surface area contributed by atoms with Gasteiger partial charge in [-0.25, -0.2) is 4.98 Å². The van der Waals surface area contributed by atoms with Crippen molar-refractivity contribution in [2.24, 2.45) is 0 Å². The van der Waals surface area contributed by atoms with Crippen molar-refractivity contribution < 1.29 is 4.74 Å². The summed E-state index contributed by atoms with van der Waals surface area (Å²) < 4.78 is 5.56. The van der Waals surface area contributed by atoms with Crippen LogP contribution in [-0.2, 0) is 0 Å². The number of benzene rings is 1. The monoisotopic (exact) mass is 214 g/mol. The number of anilines is 1. The van der Waals surface area contributed by atoms with Crippen molar-refractivity contribution in [2.45, 2.75) is 6.92 Å².